The zero-order valence-electron chi connectivity index (χ0n) is 16.8. The van der Waals surface area contributed by atoms with E-state index in [0.717, 1.165) is 25.7 Å². The lowest BCUT2D eigenvalue weighted by molar-refractivity contribution is -0.127. The van der Waals surface area contributed by atoms with Crippen LogP contribution in [-0.4, -0.2) is 57.1 Å². The summed E-state index contributed by atoms with van der Waals surface area (Å²) in [6.45, 7) is 7.13. The van der Waals surface area contributed by atoms with Gasteiger partial charge in [0.2, 0.25) is 11.8 Å². The van der Waals surface area contributed by atoms with Crippen molar-refractivity contribution in [2.24, 2.45) is 5.92 Å². The molecule has 2 amide bonds. The summed E-state index contributed by atoms with van der Waals surface area (Å²) in [6.07, 6.45) is 4.13. The van der Waals surface area contributed by atoms with Crippen LogP contribution in [0.25, 0.3) is 0 Å². The second-order valence-corrected chi connectivity index (χ2v) is 6.07. The summed E-state index contributed by atoms with van der Waals surface area (Å²) >= 11 is 0. The minimum absolute atomic E-state index is 0.0231. The number of hydrogen-bond acceptors (Lipinski definition) is 5. The summed E-state index contributed by atoms with van der Waals surface area (Å²) in [4.78, 5) is 35.1. The number of amides is 2. The highest BCUT2D eigenvalue weighted by molar-refractivity contribution is 5.85. The molecule has 1 aliphatic carbocycles. The molecule has 26 heavy (non-hydrogen) atoms. The monoisotopic (exact) mass is 372 g/mol. The maximum atomic E-state index is 11.9. The molecule has 0 radical (unpaired) electrons. The van der Waals surface area contributed by atoms with Crippen molar-refractivity contribution in [3.8, 4) is 0 Å². The van der Waals surface area contributed by atoms with E-state index in [1.165, 1.54) is 0 Å². The van der Waals surface area contributed by atoms with Gasteiger partial charge in [-0.2, -0.15) is 0 Å². The maximum absolute atomic E-state index is 11.9. The Labute approximate surface area is 157 Å². The zero-order chi connectivity index (χ0) is 19.8. The zero-order valence-corrected chi connectivity index (χ0v) is 16.8. The van der Waals surface area contributed by atoms with Crippen molar-refractivity contribution in [3.05, 3.63) is 0 Å². The average Bonchev–Trinajstić information content (AvgIpc) is 2.67. The smallest absolute Gasteiger partial charge is 0.239 e. The highest BCUT2D eigenvalue weighted by Crippen LogP contribution is 2.25. The van der Waals surface area contributed by atoms with Gasteiger partial charge in [0, 0.05) is 31.9 Å². The Morgan fingerprint density at radius 3 is 2.19 bits per heavy atom. The highest BCUT2D eigenvalue weighted by Gasteiger charge is 2.25. The lowest BCUT2D eigenvalue weighted by Gasteiger charge is -2.28. The fraction of sp³-hybridized carbons (Fsp3) is 0.842. The Balaban J connectivity index is 0.00000301. The molecule has 2 N–H and O–H groups in total. The van der Waals surface area contributed by atoms with Crippen LogP contribution in [-0.2, 0) is 23.9 Å². The fourth-order valence-corrected chi connectivity index (χ4v) is 2.80. The van der Waals surface area contributed by atoms with Gasteiger partial charge in [0.25, 0.3) is 0 Å². The lowest BCUT2D eigenvalue weighted by atomic mass is 9.83. The van der Waals surface area contributed by atoms with Gasteiger partial charge in [0.1, 0.15) is 5.78 Å². The van der Waals surface area contributed by atoms with E-state index in [4.69, 9.17) is 9.47 Å². The van der Waals surface area contributed by atoms with Gasteiger partial charge >= 0.3 is 0 Å². The van der Waals surface area contributed by atoms with Gasteiger partial charge in [-0.25, -0.2) is 0 Å². The molecule has 7 nitrogen and oxygen atoms in total. The number of carbonyl (C=O) groups is 3. The average molecular weight is 373 g/mol. The first-order valence-electron chi connectivity index (χ1n) is 9.72. The summed E-state index contributed by atoms with van der Waals surface area (Å²) in [5.41, 5.74) is 0. The summed E-state index contributed by atoms with van der Waals surface area (Å²) in [7, 11) is 1.59. The van der Waals surface area contributed by atoms with Crippen LogP contribution in [0.2, 0.25) is 0 Å². The predicted octanol–water partition coefficient (Wildman–Crippen LogP) is 1.84. The summed E-state index contributed by atoms with van der Waals surface area (Å²) in [5, 5.41) is 5.51. The lowest BCUT2D eigenvalue weighted by Crippen LogP contribution is -2.43. The van der Waals surface area contributed by atoms with E-state index < -0.39 is 0 Å². The first kappa shape index (κ1) is 24.5. The minimum Gasteiger partial charge on any atom is -0.382 e. The molecule has 0 saturated heterocycles. The van der Waals surface area contributed by atoms with Gasteiger partial charge in [-0.05, 0) is 25.7 Å². The molecule has 0 aromatic rings. The molecule has 1 rings (SSSR count). The number of carbonyl (C=O) groups excluding carboxylic acids is 3. The molecule has 152 valence electrons. The number of ether oxygens (including phenoxy) is 2. The Kier molecular flexibility index (Phi) is 14.9. The SMILES string of the molecule is CC.CCC(=O)C1CCC(NC(=O)CNC(=O)CCOCCOC)CC1. The van der Waals surface area contributed by atoms with Gasteiger partial charge in [-0.1, -0.05) is 20.8 Å². The second kappa shape index (κ2) is 15.8. The van der Waals surface area contributed by atoms with Crippen molar-refractivity contribution < 1.29 is 23.9 Å². The molecule has 7 heteroatoms. The molecule has 0 unspecified atom stereocenters. The number of ketones is 1. The first-order chi connectivity index (χ1) is 12.6. The molecule has 0 heterocycles. The van der Waals surface area contributed by atoms with Crippen LogP contribution < -0.4 is 10.6 Å². The van der Waals surface area contributed by atoms with Gasteiger partial charge in [-0.15, -0.1) is 0 Å². The van der Waals surface area contributed by atoms with Crippen LogP contribution >= 0.6 is 0 Å². The van der Waals surface area contributed by atoms with E-state index >= 15 is 0 Å². The van der Waals surface area contributed by atoms with E-state index in [9.17, 15) is 14.4 Å². The number of rotatable bonds is 11. The predicted molar refractivity (Wildman–Crippen MR) is 101 cm³/mol. The molecule has 1 saturated carbocycles. The molecule has 0 bridgehead atoms. The van der Waals surface area contributed by atoms with E-state index in [-0.39, 0.29) is 36.7 Å². The third-order valence-electron chi connectivity index (χ3n) is 4.25. The van der Waals surface area contributed by atoms with Crippen molar-refractivity contribution in [2.75, 3.05) is 33.5 Å². The molecule has 0 aliphatic heterocycles. The van der Waals surface area contributed by atoms with Crippen LogP contribution in [0.3, 0.4) is 0 Å². The molecular formula is C19H36N2O5. The van der Waals surface area contributed by atoms with E-state index in [2.05, 4.69) is 10.6 Å². The minimum atomic E-state index is -0.209. The largest absolute Gasteiger partial charge is 0.382 e. The summed E-state index contributed by atoms with van der Waals surface area (Å²) in [6, 6.07) is 0.104. The van der Waals surface area contributed by atoms with E-state index in [0.29, 0.717) is 32.0 Å². The fourth-order valence-electron chi connectivity index (χ4n) is 2.80. The van der Waals surface area contributed by atoms with E-state index in [1.54, 1.807) is 7.11 Å². The van der Waals surface area contributed by atoms with Gasteiger partial charge < -0.3 is 20.1 Å². The van der Waals surface area contributed by atoms with Gasteiger partial charge in [0.15, 0.2) is 0 Å². The Morgan fingerprint density at radius 2 is 1.62 bits per heavy atom. The van der Waals surface area contributed by atoms with Crippen LogP contribution in [0, 0.1) is 5.92 Å². The summed E-state index contributed by atoms with van der Waals surface area (Å²) in [5.74, 6) is 0.0782. The molecule has 0 atom stereocenters. The summed E-state index contributed by atoms with van der Waals surface area (Å²) < 4.78 is 10.0. The van der Waals surface area contributed by atoms with E-state index in [1.807, 2.05) is 20.8 Å². The molecule has 1 fully saturated rings. The van der Waals surface area contributed by atoms with Crippen molar-refractivity contribution in [2.45, 2.75) is 65.3 Å². The Bertz CT molecular complexity index is 407. The Hall–Kier alpha value is -1.47. The van der Waals surface area contributed by atoms with Crippen LogP contribution in [0.4, 0.5) is 0 Å². The van der Waals surface area contributed by atoms with Gasteiger partial charge in [0.05, 0.1) is 26.4 Å². The molecule has 0 aromatic carbocycles. The van der Waals surface area contributed by atoms with Crippen LogP contribution in [0.15, 0.2) is 0 Å². The third-order valence-corrected chi connectivity index (χ3v) is 4.25. The molecule has 0 aromatic heterocycles. The topological polar surface area (TPSA) is 93.7 Å². The Morgan fingerprint density at radius 1 is 0.962 bits per heavy atom. The standard InChI is InChI=1S/C17H30N2O5.C2H6/c1-3-15(20)13-4-6-14(7-5-13)19-17(22)12-18-16(21)8-9-24-11-10-23-2;1-2/h13-14H,3-12H2,1-2H3,(H,18,21)(H,19,22);1-2H3. The third kappa shape index (κ3) is 11.2. The van der Waals surface area contributed by atoms with Crippen molar-refractivity contribution in [1.82, 2.24) is 10.6 Å². The maximum Gasteiger partial charge on any atom is 0.239 e. The van der Waals surface area contributed by atoms with Crippen LogP contribution in [0.1, 0.15) is 59.3 Å². The molecular weight excluding hydrogens is 336 g/mol. The number of Topliss-reactive ketones (excluding diaryl/α,β-unsaturated/α-hetero) is 1. The van der Waals surface area contributed by atoms with Crippen molar-refractivity contribution >= 4 is 17.6 Å². The van der Waals surface area contributed by atoms with Crippen molar-refractivity contribution in [3.63, 3.8) is 0 Å². The van der Waals surface area contributed by atoms with Gasteiger partial charge in [-0.3, -0.25) is 14.4 Å². The molecule has 0 spiro atoms. The number of hydrogen-bond donors (Lipinski definition) is 2. The second-order valence-electron chi connectivity index (χ2n) is 6.07. The van der Waals surface area contributed by atoms with Crippen molar-refractivity contribution in [1.29, 1.82) is 0 Å². The highest BCUT2D eigenvalue weighted by atomic mass is 16.5. The number of nitrogens with one attached hydrogen (secondary N) is 2. The van der Waals surface area contributed by atoms with Crippen LogP contribution in [0.5, 0.6) is 0 Å². The molecule has 1 aliphatic rings. The number of methoxy groups -OCH3 is 1. The first-order valence-corrected chi connectivity index (χ1v) is 9.72. The normalized spacial score (nSPS) is 19.1. The quantitative estimate of drug-likeness (QED) is 0.540.